The van der Waals surface area contributed by atoms with Gasteiger partial charge in [0.05, 0.1) is 26.0 Å². The van der Waals surface area contributed by atoms with Gasteiger partial charge in [-0.15, -0.1) is 0 Å². The number of ether oxygens (including phenoxy) is 2. The molecule has 0 saturated carbocycles. The van der Waals surface area contributed by atoms with Crippen LogP contribution in [-0.4, -0.2) is 37.8 Å². The number of rotatable bonds is 6. The van der Waals surface area contributed by atoms with Crippen molar-refractivity contribution in [1.29, 1.82) is 0 Å². The van der Waals surface area contributed by atoms with Gasteiger partial charge in [0.2, 0.25) is 0 Å². The summed E-state index contributed by atoms with van der Waals surface area (Å²) in [5, 5.41) is 3.96. The lowest BCUT2D eigenvalue weighted by Gasteiger charge is -2.20. The number of carbonyl (C=O) groups excluding carboxylic acids is 1. The molecular weight excluding hydrogens is 240 g/mol. The maximum Gasteiger partial charge on any atom is 0.349 e. The van der Waals surface area contributed by atoms with Crippen LogP contribution in [0.4, 0.5) is 5.13 Å². The zero-order valence-electron chi connectivity index (χ0n) is 10.5. The zero-order chi connectivity index (χ0) is 12.8. The number of hydrogen-bond donors (Lipinski definition) is 1. The Morgan fingerprint density at radius 2 is 2.24 bits per heavy atom. The summed E-state index contributed by atoms with van der Waals surface area (Å²) < 4.78 is 9.76. The Balaban J connectivity index is 2.66. The van der Waals surface area contributed by atoms with Gasteiger partial charge in [0.1, 0.15) is 4.88 Å². The van der Waals surface area contributed by atoms with Crippen LogP contribution in [0.2, 0.25) is 0 Å². The molecule has 0 fully saturated rings. The molecule has 0 aliphatic rings. The van der Waals surface area contributed by atoms with Gasteiger partial charge in [0, 0.05) is 7.11 Å². The van der Waals surface area contributed by atoms with E-state index < -0.39 is 0 Å². The van der Waals surface area contributed by atoms with Crippen molar-refractivity contribution >= 4 is 22.4 Å². The van der Waals surface area contributed by atoms with Gasteiger partial charge in [-0.3, -0.25) is 0 Å². The molecule has 1 N–H and O–H groups in total. The van der Waals surface area contributed by atoms with Gasteiger partial charge in [-0.1, -0.05) is 25.2 Å². The number of thiazole rings is 1. The summed E-state index contributed by atoms with van der Waals surface area (Å²) in [5.74, 6) is 0.0591. The van der Waals surface area contributed by atoms with E-state index in [4.69, 9.17) is 4.74 Å². The first-order valence-corrected chi connectivity index (χ1v) is 6.19. The van der Waals surface area contributed by atoms with E-state index in [0.29, 0.717) is 22.5 Å². The highest BCUT2D eigenvalue weighted by Gasteiger charge is 2.16. The van der Waals surface area contributed by atoms with E-state index in [1.54, 1.807) is 7.11 Å². The first kappa shape index (κ1) is 13.9. The number of nitrogens with one attached hydrogen (secondary N) is 1. The van der Waals surface area contributed by atoms with E-state index in [0.717, 1.165) is 0 Å². The molecule has 1 aromatic heterocycles. The van der Waals surface area contributed by atoms with Crippen molar-refractivity contribution in [2.24, 2.45) is 5.92 Å². The van der Waals surface area contributed by atoms with Crippen molar-refractivity contribution in [2.75, 3.05) is 26.1 Å². The van der Waals surface area contributed by atoms with Gasteiger partial charge in [-0.05, 0) is 5.92 Å². The number of anilines is 1. The Morgan fingerprint density at radius 1 is 1.53 bits per heavy atom. The lowest BCUT2D eigenvalue weighted by atomic mass is 10.1. The van der Waals surface area contributed by atoms with Crippen molar-refractivity contribution < 1.29 is 14.3 Å². The number of aromatic nitrogens is 1. The molecule has 0 spiro atoms. The third-order valence-corrected chi connectivity index (χ3v) is 3.26. The third-order valence-electron chi connectivity index (χ3n) is 2.35. The summed E-state index contributed by atoms with van der Waals surface area (Å²) in [6.45, 7) is 4.81. The number of hydrogen-bond acceptors (Lipinski definition) is 6. The Bertz CT molecular complexity index is 365. The largest absolute Gasteiger partial charge is 0.465 e. The van der Waals surface area contributed by atoms with Gasteiger partial charge in [-0.25, -0.2) is 9.78 Å². The van der Waals surface area contributed by atoms with Crippen molar-refractivity contribution in [2.45, 2.75) is 19.9 Å². The average Bonchev–Trinajstić information content (AvgIpc) is 2.76. The average molecular weight is 258 g/mol. The second-order valence-electron chi connectivity index (χ2n) is 3.97. The minimum Gasteiger partial charge on any atom is -0.465 e. The molecule has 96 valence electrons. The Hall–Kier alpha value is -1.14. The van der Waals surface area contributed by atoms with Crippen LogP contribution >= 0.6 is 11.3 Å². The lowest BCUT2D eigenvalue weighted by molar-refractivity contribution is 0.0606. The number of carbonyl (C=O) groups is 1. The molecule has 0 radical (unpaired) electrons. The normalized spacial score (nSPS) is 12.5. The summed E-state index contributed by atoms with van der Waals surface area (Å²) >= 11 is 1.28. The van der Waals surface area contributed by atoms with Gasteiger partial charge in [0.25, 0.3) is 0 Å². The topological polar surface area (TPSA) is 60.5 Å². The van der Waals surface area contributed by atoms with Gasteiger partial charge < -0.3 is 14.8 Å². The van der Waals surface area contributed by atoms with Crippen LogP contribution in [0.15, 0.2) is 6.20 Å². The van der Waals surface area contributed by atoms with Crippen LogP contribution in [0, 0.1) is 5.92 Å². The summed E-state index contributed by atoms with van der Waals surface area (Å²) in [7, 11) is 3.02. The molecule has 0 bridgehead atoms. The Kier molecular flexibility index (Phi) is 5.37. The smallest absolute Gasteiger partial charge is 0.349 e. The van der Waals surface area contributed by atoms with Crippen molar-refractivity contribution in [1.82, 2.24) is 4.98 Å². The van der Waals surface area contributed by atoms with Crippen LogP contribution in [0.25, 0.3) is 0 Å². The maximum atomic E-state index is 11.3. The van der Waals surface area contributed by atoms with E-state index in [9.17, 15) is 4.79 Å². The molecule has 6 heteroatoms. The van der Waals surface area contributed by atoms with Crippen molar-refractivity contribution in [3.63, 3.8) is 0 Å². The molecule has 1 heterocycles. The lowest BCUT2D eigenvalue weighted by Crippen LogP contribution is -2.30. The van der Waals surface area contributed by atoms with Crippen LogP contribution in [-0.2, 0) is 9.47 Å². The van der Waals surface area contributed by atoms with Crippen LogP contribution < -0.4 is 5.32 Å². The molecule has 1 aromatic rings. The molecule has 0 aliphatic heterocycles. The van der Waals surface area contributed by atoms with Gasteiger partial charge >= 0.3 is 5.97 Å². The molecule has 0 aromatic carbocycles. The minimum atomic E-state index is -0.358. The highest BCUT2D eigenvalue weighted by atomic mass is 32.1. The molecule has 17 heavy (non-hydrogen) atoms. The minimum absolute atomic E-state index is 0.177. The molecule has 0 aliphatic carbocycles. The predicted octanol–water partition coefficient (Wildman–Crippen LogP) is 2.01. The quantitative estimate of drug-likeness (QED) is 0.791. The molecule has 1 atom stereocenters. The monoisotopic (exact) mass is 258 g/mol. The number of methoxy groups -OCH3 is 2. The van der Waals surface area contributed by atoms with Gasteiger partial charge in [-0.2, -0.15) is 0 Å². The molecule has 5 nitrogen and oxygen atoms in total. The Labute approximate surface area is 105 Å². The third kappa shape index (κ3) is 3.98. The summed E-state index contributed by atoms with van der Waals surface area (Å²) in [6, 6.07) is 0.177. The van der Waals surface area contributed by atoms with Gasteiger partial charge in [0.15, 0.2) is 5.13 Å². The maximum absolute atomic E-state index is 11.3. The standard InChI is InChI=1S/C11H18N2O3S/c1-7(2)8(6-15-3)13-11-12-5-9(17-11)10(14)16-4/h5,7-8H,6H2,1-4H3,(H,12,13). The van der Waals surface area contributed by atoms with Crippen LogP contribution in [0.5, 0.6) is 0 Å². The molecular formula is C11H18N2O3S. The fourth-order valence-electron chi connectivity index (χ4n) is 1.27. The molecule has 1 rings (SSSR count). The van der Waals surface area contributed by atoms with E-state index in [1.807, 2.05) is 0 Å². The fraction of sp³-hybridized carbons (Fsp3) is 0.636. The highest BCUT2D eigenvalue weighted by Crippen LogP contribution is 2.21. The van der Waals surface area contributed by atoms with E-state index in [1.165, 1.54) is 24.6 Å². The number of esters is 1. The molecule has 0 saturated heterocycles. The second kappa shape index (κ2) is 6.56. The molecule has 1 unspecified atom stereocenters. The van der Waals surface area contributed by atoms with Crippen molar-refractivity contribution in [3.05, 3.63) is 11.1 Å². The number of nitrogens with zero attached hydrogens (tertiary/aromatic N) is 1. The first-order chi connectivity index (χ1) is 8.08. The predicted molar refractivity (Wildman–Crippen MR) is 67.6 cm³/mol. The van der Waals surface area contributed by atoms with E-state index in [-0.39, 0.29) is 12.0 Å². The zero-order valence-corrected chi connectivity index (χ0v) is 11.3. The van der Waals surface area contributed by atoms with Crippen LogP contribution in [0.1, 0.15) is 23.5 Å². The fourth-order valence-corrected chi connectivity index (χ4v) is 2.07. The second-order valence-corrected chi connectivity index (χ2v) is 5.00. The summed E-state index contributed by atoms with van der Waals surface area (Å²) in [6.07, 6.45) is 1.52. The summed E-state index contributed by atoms with van der Waals surface area (Å²) in [4.78, 5) is 15.9. The van der Waals surface area contributed by atoms with Crippen molar-refractivity contribution in [3.8, 4) is 0 Å². The first-order valence-electron chi connectivity index (χ1n) is 5.38. The SMILES string of the molecule is COCC(Nc1ncc(C(=O)OC)s1)C(C)C. The Morgan fingerprint density at radius 3 is 2.76 bits per heavy atom. The van der Waals surface area contributed by atoms with E-state index >= 15 is 0 Å². The summed E-state index contributed by atoms with van der Waals surface area (Å²) in [5.41, 5.74) is 0. The van der Waals surface area contributed by atoms with E-state index in [2.05, 4.69) is 28.9 Å². The molecule has 0 amide bonds. The van der Waals surface area contributed by atoms with Crippen LogP contribution in [0.3, 0.4) is 0 Å². The highest BCUT2D eigenvalue weighted by molar-refractivity contribution is 7.17.